The third kappa shape index (κ3) is 4.25. The van der Waals surface area contributed by atoms with Crippen molar-refractivity contribution in [1.82, 2.24) is 0 Å². The van der Waals surface area contributed by atoms with Gasteiger partial charge in [-0.05, 0) is 102 Å². The maximum Gasteiger partial charge on any atom is 0.123 e. The first-order chi connectivity index (χ1) is 26.1. The highest BCUT2D eigenvalue weighted by Gasteiger charge is 2.48. The monoisotopic (exact) mass is 714 g/mol. The second-order valence-corrected chi connectivity index (χ2v) is 15.7. The zero-order chi connectivity index (χ0) is 35.3. The van der Waals surface area contributed by atoms with Crippen molar-refractivity contribution >= 4 is 64.4 Å². The van der Waals surface area contributed by atoms with Crippen LogP contribution in [0.15, 0.2) is 168 Å². The number of rotatable bonds is 4. The number of aromatic hydroxyl groups is 2. The molecule has 4 heteroatoms. The Morgan fingerprint density at radius 2 is 0.736 bits per heavy atom. The molecule has 2 N–H and O–H groups in total. The van der Waals surface area contributed by atoms with Crippen molar-refractivity contribution in [2.75, 3.05) is 0 Å². The summed E-state index contributed by atoms with van der Waals surface area (Å²) >= 11 is 3.55. The van der Waals surface area contributed by atoms with Gasteiger partial charge >= 0.3 is 0 Å². The number of fused-ring (bicyclic) bond motifs is 7. The molecule has 2 aromatic heterocycles. The Hall–Kier alpha value is -6.20. The third-order valence-corrected chi connectivity index (χ3v) is 13.3. The van der Waals surface area contributed by atoms with Crippen molar-refractivity contribution in [2.45, 2.75) is 5.41 Å². The van der Waals surface area contributed by atoms with E-state index in [9.17, 15) is 10.2 Å². The van der Waals surface area contributed by atoms with Gasteiger partial charge in [0.2, 0.25) is 0 Å². The fourth-order valence-electron chi connectivity index (χ4n) is 9.01. The number of thiophene rings is 2. The standard InChI is InChI=1S/C49H30O2S2/c50-45-23-21-41(31-9-1-3-11-35(31)45)49(42-22-24-46(51)36-12-4-2-10-32(36)42)43-25-29(39-27-52-47-15-7-5-13-37(39)47)17-19-33(43)34-20-18-30(26-44(34)49)40-28-53-48-16-8-6-14-38(40)48/h1-28,50-51H. The van der Waals surface area contributed by atoms with Crippen molar-refractivity contribution < 1.29 is 10.2 Å². The van der Waals surface area contributed by atoms with Crippen LogP contribution in [0, 0.1) is 0 Å². The first-order valence-corrected chi connectivity index (χ1v) is 19.5. The van der Waals surface area contributed by atoms with Gasteiger partial charge in [0.05, 0.1) is 5.41 Å². The molecule has 10 aromatic rings. The molecular formula is C49H30O2S2. The average Bonchev–Trinajstić information content (AvgIpc) is 3.92. The van der Waals surface area contributed by atoms with Crippen LogP contribution in [-0.4, -0.2) is 10.2 Å². The molecule has 1 aliphatic carbocycles. The lowest BCUT2D eigenvalue weighted by molar-refractivity contribution is 0.481. The van der Waals surface area contributed by atoms with E-state index in [0.29, 0.717) is 0 Å². The normalized spacial score (nSPS) is 13.2. The SMILES string of the molecule is Oc1ccc(C2(c3ccc(O)c4ccccc34)c3cc(-c4csc5ccccc45)ccc3-c3ccc(-c4csc5ccccc45)cc32)c2ccccc12. The predicted octanol–water partition coefficient (Wildman–Crippen LogP) is 13.5. The van der Waals surface area contributed by atoms with Crippen LogP contribution in [-0.2, 0) is 5.41 Å². The van der Waals surface area contributed by atoms with Crippen LogP contribution in [0.25, 0.3) is 75.1 Å². The first-order valence-electron chi connectivity index (χ1n) is 17.8. The average molecular weight is 715 g/mol. The largest absolute Gasteiger partial charge is 0.507 e. The predicted molar refractivity (Wildman–Crippen MR) is 224 cm³/mol. The summed E-state index contributed by atoms with van der Waals surface area (Å²) in [5, 5.41) is 33.2. The minimum atomic E-state index is -0.824. The van der Waals surface area contributed by atoms with Gasteiger partial charge in [0, 0.05) is 42.1 Å². The van der Waals surface area contributed by atoms with Crippen molar-refractivity contribution in [1.29, 1.82) is 0 Å². The van der Waals surface area contributed by atoms with Crippen LogP contribution in [0.1, 0.15) is 22.3 Å². The van der Waals surface area contributed by atoms with E-state index in [-0.39, 0.29) is 11.5 Å². The zero-order valence-corrected chi connectivity index (χ0v) is 30.0. The summed E-state index contributed by atoms with van der Waals surface area (Å²) < 4.78 is 2.53. The lowest BCUT2D eigenvalue weighted by Crippen LogP contribution is -2.29. The number of phenolic OH excluding ortho intramolecular Hbond substituents is 2. The second-order valence-electron chi connectivity index (χ2n) is 13.9. The summed E-state index contributed by atoms with van der Waals surface area (Å²) in [5.74, 6) is 0.510. The molecule has 11 rings (SSSR count). The van der Waals surface area contributed by atoms with Gasteiger partial charge in [-0.25, -0.2) is 0 Å². The van der Waals surface area contributed by atoms with Gasteiger partial charge in [-0.3, -0.25) is 0 Å². The van der Waals surface area contributed by atoms with Crippen LogP contribution in [0.4, 0.5) is 0 Å². The van der Waals surface area contributed by atoms with E-state index in [4.69, 9.17) is 0 Å². The number of hydrogen-bond donors (Lipinski definition) is 2. The van der Waals surface area contributed by atoms with Crippen LogP contribution >= 0.6 is 22.7 Å². The Bertz CT molecular complexity index is 2900. The minimum absolute atomic E-state index is 0.255. The van der Waals surface area contributed by atoms with Gasteiger partial charge in [-0.15, -0.1) is 22.7 Å². The molecule has 0 saturated heterocycles. The van der Waals surface area contributed by atoms with E-state index in [1.54, 1.807) is 22.7 Å². The quantitative estimate of drug-likeness (QED) is 0.191. The molecule has 0 fully saturated rings. The zero-order valence-electron chi connectivity index (χ0n) is 28.4. The Morgan fingerprint density at radius 1 is 0.340 bits per heavy atom. The van der Waals surface area contributed by atoms with Crippen LogP contribution in [0.2, 0.25) is 0 Å². The lowest BCUT2D eigenvalue weighted by Gasteiger charge is -2.36. The van der Waals surface area contributed by atoms with Crippen molar-refractivity contribution in [3.8, 4) is 44.9 Å². The fourth-order valence-corrected chi connectivity index (χ4v) is 10.9. The molecule has 0 radical (unpaired) electrons. The van der Waals surface area contributed by atoms with Crippen molar-refractivity contribution in [3.63, 3.8) is 0 Å². The summed E-state index contributed by atoms with van der Waals surface area (Å²) in [6.45, 7) is 0. The molecule has 0 spiro atoms. The first kappa shape index (κ1) is 30.4. The molecule has 0 amide bonds. The smallest absolute Gasteiger partial charge is 0.123 e. The summed E-state index contributed by atoms with van der Waals surface area (Å²) in [4.78, 5) is 0. The van der Waals surface area contributed by atoms with Crippen molar-refractivity contribution in [2.24, 2.45) is 0 Å². The fraction of sp³-hybridized carbons (Fsp3) is 0.0204. The second kappa shape index (κ2) is 11.4. The van der Waals surface area contributed by atoms with Gasteiger partial charge in [-0.2, -0.15) is 0 Å². The lowest BCUT2D eigenvalue weighted by atomic mass is 9.65. The molecule has 2 nitrogen and oxygen atoms in total. The summed E-state index contributed by atoms with van der Waals surface area (Å²) in [5.41, 5.74) is 10.8. The van der Waals surface area contributed by atoms with E-state index in [0.717, 1.165) is 43.8 Å². The highest BCUT2D eigenvalue weighted by atomic mass is 32.1. The van der Waals surface area contributed by atoms with E-state index in [2.05, 4.69) is 132 Å². The van der Waals surface area contributed by atoms with Gasteiger partial charge < -0.3 is 10.2 Å². The van der Waals surface area contributed by atoms with E-state index < -0.39 is 5.41 Å². The van der Waals surface area contributed by atoms with E-state index in [1.165, 1.54) is 53.6 Å². The van der Waals surface area contributed by atoms with Crippen molar-refractivity contribution in [3.05, 3.63) is 191 Å². The Balaban J connectivity index is 1.33. The molecule has 1 aliphatic rings. The Morgan fingerprint density at radius 3 is 1.19 bits per heavy atom. The van der Waals surface area contributed by atoms with Crippen LogP contribution < -0.4 is 0 Å². The topological polar surface area (TPSA) is 40.5 Å². The molecule has 250 valence electrons. The molecule has 2 heterocycles. The molecule has 8 aromatic carbocycles. The van der Waals surface area contributed by atoms with Crippen LogP contribution in [0.5, 0.6) is 11.5 Å². The number of benzene rings is 8. The molecule has 0 unspecified atom stereocenters. The summed E-state index contributed by atoms with van der Waals surface area (Å²) in [6, 6.07) is 55.6. The molecular weight excluding hydrogens is 685 g/mol. The van der Waals surface area contributed by atoms with Gasteiger partial charge in [0.1, 0.15) is 11.5 Å². The van der Waals surface area contributed by atoms with E-state index >= 15 is 0 Å². The van der Waals surface area contributed by atoms with E-state index in [1.807, 2.05) is 36.4 Å². The molecule has 0 atom stereocenters. The molecule has 53 heavy (non-hydrogen) atoms. The Kier molecular flexibility index (Phi) is 6.54. The highest BCUT2D eigenvalue weighted by Crippen LogP contribution is 2.60. The van der Waals surface area contributed by atoms with Gasteiger partial charge in [0.25, 0.3) is 0 Å². The molecule has 0 aliphatic heterocycles. The maximum absolute atomic E-state index is 11.3. The number of hydrogen-bond acceptors (Lipinski definition) is 4. The summed E-state index contributed by atoms with van der Waals surface area (Å²) in [7, 11) is 0. The van der Waals surface area contributed by atoms with Crippen LogP contribution in [0.3, 0.4) is 0 Å². The van der Waals surface area contributed by atoms with Gasteiger partial charge in [0.15, 0.2) is 0 Å². The third-order valence-electron chi connectivity index (χ3n) is 11.3. The summed E-state index contributed by atoms with van der Waals surface area (Å²) in [6.07, 6.45) is 0. The highest BCUT2D eigenvalue weighted by molar-refractivity contribution is 7.18. The maximum atomic E-state index is 11.3. The number of phenols is 2. The Labute approximate surface area is 314 Å². The molecule has 0 bridgehead atoms. The minimum Gasteiger partial charge on any atom is -0.507 e. The van der Waals surface area contributed by atoms with Gasteiger partial charge in [-0.1, -0.05) is 121 Å². The molecule has 0 saturated carbocycles.